The lowest BCUT2D eigenvalue weighted by Crippen LogP contribution is -2.34. The van der Waals surface area contributed by atoms with E-state index in [1.54, 1.807) is 5.38 Å². The highest BCUT2D eigenvalue weighted by atomic mass is 35.5. The fourth-order valence-electron chi connectivity index (χ4n) is 2.25. The third-order valence-electron chi connectivity index (χ3n) is 3.49. The van der Waals surface area contributed by atoms with Crippen LogP contribution in [0.25, 0.3) is 0 Å². The van der Waals surface area contributed by atoms with E-state index in [1.807, 2.05) is 43.3 Å². The summed E-state index contributed by atoms with van der Waals surface area (Å²) in [6.45, 7) is 0.989. The predicted molar refractivity (Wildman–Crippen MR) is 95.1 cm³/mol. The van der Waals surface area contributed by atoms with Gasteiger partial charge in [0.2, 0.25) is 0 Å². The Morgan fingerprint density at radius 2 is 2.17 bits per heavy atom. The van der Waals surface area contributed by atoms with E-state index in [4.69, 9.17) is 17.3 Å². The summed E-state index contributed by atoms with van der Waals surface area (Å²) in [5.41, 5.74) is 6.93. The van der Waals surface area contributed by atoms with Gasteiger partial charge in [0.1, 0.15) is 5.69 Å². The fourth-order valence-corrected chi connectivity index (χ4v) is 3.31. The topological polar surface area (TPSA) is 71.2 Å². The van der Waals surface area contributed by atoms with E-state index in [0.717, 1.165) is 10.6 Å². The zero-order valence-electron chi connectivity index (χ0n) is 13.3. The number of rotatable bonds is 7. The molecular formula is C16H21ClN4OS. The molecule has 5 nitrogen and oxygen atoms in total. The van der Waals surface area contributed by atoms with Crippen molar-refractivity contribution in [2.45, 2.75) is 12.5 Å². The van der Waals surface area contributed by atoms with Crippen LogP contribution in [0.2, 0.25) is 5.02 Å². The van der Waals surface area contributed by atoms with Crippen LogP contribution in [0.1, 0.15) is 27.1 Å². The van der Waals surface area contributed by atoms with Crippen LogP contribution in [0.5, 0.6) is 0 Å². The molecular weight excluding hydrogens is 332 g/mol. The Morgan fingerprint density at radius 1 is 1.43 bits per heavy atom. The van der Waals surface area contributed by atoms with Gasteiger partial charge >= 0.3 is 0 Å². The van der Waals surface area contributed by atoms with Gasteiger partial charge in [-0.1, -0.05) is 29.8 Å². The number of hydrogen-bond donors (Lipinski definition) is 2. The second-order valence-electron chi connectivity index (χ2n) is 5.38. The third-order valence-corrected chi connectivity index (χ3v) is 4.74. The van der Waals surface area contributed by atoms with Gasteiger partial charge in [0.15, 0.2) is 0 Å². The molecule has 0 aliphatic carbocycles. The first-order valence-corrected chi connectivity index (χ1v) is 8.62. The van der Waals surface area contributed by atoms with Gasteiger partial charge in [0.05, 0.1) is 11.0 Å². The van der Waals surface area contributed by atoms with Crippen molar-refractivity contribution in [2.75, 3.05) is 27.2 Å². The van der Waals surface area contributed by atoms with Gasteiger partial charge in [0.25, 0.3) is 5.91 Å². The third kappa shape index (κ3) is 4.75. The second-order valence-corrected chi connectivity index (χ2v) is 6.73. The Balaban J connectivity index is 2.04. The Kier molecular flexibility index (Phi) is 6.53. The van der Waals surface area contributed by atoms with Crippen molar-refractivity contribution >= 4 is 28.8 Å². The van der Waals surface area contributed by atoms with E-state index in [-0.39, 0.29) is 11.9 Å². The highest BCUT2D eigenvalue weighted by molar-refractivity contribution is 7.09. The van der Waals surface area contributed by atoms with Gasteiger partial charge in [-0.25, -0.2) is 4.98 Å². The Bertz CT molecular complexity index is 659. The molecule has 1 aromatic carbocycles. The average molecular weight is 353 g/mol. The molecule has 0 bridgehead atoms. The van der Waals surface area contributed by atoms with Crippen LogP contribution in [-0.4, -0.2) is 43.0 Å². The summed E-state index contributed by atoms with van der Waals surface area (Å²) in [4.78, 5) is 18.6. The molecule has 0 saturated heterocycles. The summed E-state index contributed by atoms with van der Waals surface area (Å²) in [5, 5.41) is 6.28. The Morgan fingerprint density at radius 3 is 2.83 bits per heavy atom. The molecule has 1 unspecified atom stereocenters. The summed E-state index contributed by atoms with van der Waals surface area (Å²) in [6.07, 6.45) is 0.692. The minimum absolute atomic E-state index is 0.00482. The van der Waals surface area contributed by atoms with Crippen molar-refractivity contribution in [3.05, 3.63) is 50.9 Å². The van der Waals surface area contributed by atoms with Gasteiger partial charge in [-0.15, -0.1) is 11.3 Å². The fraction of sp³-hybridized carbons (Fsp3) is 0.375. The van der Waals surface area contributed by atoms with Crippen molar-refractivity contribution in [3.8, 4) is 0 Å². The highest BCUT2D eigenvalue weighted by Crippen LogP contribution is 2.25. The highest BCUT2D eigenvalue weighted by Gasteiger charge is 2.19. The zero-order chi connectivity index (χ0) is 16.8. The maximum absolute atomic E-state index is 12.3. The molecule has 1 atom stereocenters. The van der Waals surface area contributed by atoms with Crippen LogP contribution in [0.15, 0.2) is 29.6 Å². The van der Waals surface area contributed by atoms with E-state index >= 15 is 0 Å². The van der Waals surface area contributed by atoms with Gasteiger partial charge < -0.3 is 16.0 Å². The van der Waals surface area contributed by atoms with Crippen molar-refractivity contribution in [2.24, 2.45) is 5.73 Å². The lowest BCUT2D eigenvalue weighted by molar-refractivity contribution is 0.0937. The average Bonchev–Trinajstić information content (AvgIpc) is 2.98. The lowest BCUT2D eigenvalue weighted by Gasteiger charge is -2.25. The second kappa shape index (κ2) is 8.40. The van der Waals surface area contributed by atoms with E-state index in [0.29, 0.717) is 30.2 Å². The van der Waals surface area contributed by atoms with Crippen LogP contribution in [0.3, 0.4) is 0 Å². The summed E-state index contributed by atoms with van der Waals surface area (Å²) >= 11 is 7.73. The lowest BCUT2D eigenvalue weighted by atomic mass is 10.1. The number of halogens is 1. The monoisotopic (exact) mass is 352 g/mol. The van der Waals surface area contributed by atoms with Crippen LogP contribution in [0.4, 0.5) is 0 Å². The number of amides is 1. The van der Waals surface area contributed by atoms with E-state index in [9.17, 15) is 4.79 Å². The number of aromatic nitrogens is 1. The Labute approximate surface area is 145 Å². The number of hydrogen-bond acceptors (Lipinski definition) is 5. The minimum atomic E-state index is -0.177. The van der Waals surface area contributed by atoms with E-state index in [2.05, 4.69) is 10.3 Å². The normalized spacial score (nSPS) is 12.4. The first-order valence-electron chi connectivity index (χ1n) is 7.36. The van der Waals surface area contributed by atoms with Crippen LogP contribution >= 0.6 is 22.9 Å². The molecule has 0 aliphatic heterocycles. The molecule has 124 valence electrons. The van der Waals surface area contributed by atoms with Crippen molar-refractivity contribution in [3.63, 3.8) is 0 Å². The van der Waals surface area contributed by atoms with Crippen molar-refractivity contribution in [1.82, 2.24) is 15.2 Å². The standard InChI is InChI=1S/C16H21ClN4OS/c1-21(2)14(11-5-3-4-6-12(11)17)9-19-16(22)13-10-23-15(20-13)7-8-18/h3-6,10,14H,7-9,18H2,1-2H3,(H,19,22). The number of nitrogens with two attached hydrogens (primary N) is 1. The first kappa shape index (κ1) is 17.9. The number of carbonyl (C=O) groups excluding carboxylic acids is 1. The number of thiazole rings is 1. The van der Waals surface area contributed by atoms with Crippen LogP contribution in [-0.2, 0) is 6.42 Å². The summed E-state index contributed by atoms with van der Waals surface area (Å²) in [5.74, 6) is -0.177. The number of carbonyl (C=O) groups is 1. The SMILES string of the molecule is CN(C)C(CNC(=O)c1csc(CCN)n1)c1ccccc1Cl. The molecule has 1 amide bonds. The molecule has 1 heterocycles. The summed E-state index contributed by atoms with van der Waals surface area (Å²) in [6, 6.07) is 7.66. The molecule has 0 saturated carbocycles. The zero-order valence-corrected chi connectivity index (χ0v) is 14.8. The van der Waals surface area contributed by atoms with Gasteiger partial charge in [-0.05, 0) is 32.3 Å². The van der Waals surface area contributed by atoms with Gasteiger partial charge in [-0.3, -0.25) is 4.79 Å². The quantitative estimate of drug-likeness (QED) is 0.802. The maximum atomic E-state index is 12.3. The number of benzene rings is 1. The minimum Gasteiger partial charge on any atom is -0.349 e. The molecule has 2 aromatic rings. The predicted octanol–water partition coefficient (Wildman–Crippen LogP) is 2.33. The number of likely N-dealkylation sites (N-methyl/N-ethyl adjacent to an activating group) is 1. The van der Waals surface area contributed by atoms with Crippen LogP contribution in [0, 0.1) is 0 Å². The van der Waals surface area contributed by atoms with E-state index in [1.165, 1.54) is 11.3 Å². The van der Waals surface area contributed by atoms with Gasteiger partial charge in [-0.2, -0.15) is 0 Å². The smallest absolute Gasteiger partial charge is 0.270 e. The van der Waals surface area contributed by atoms with Crippen molar-refractivity contribution < 1.29 is 4.79 Å². The maximum Gasteiger partial charge on any atom is 0.270 e. The molecule has 7 heteroatoms. The molecule has 0 spiro atoms. The Hall–Kier alpha value is -1.47. The van der Waals surface area contributed by atoms with E-state index < -0.39 is 0 Å². The number of nitrogens with zero attached hydrogens (tertiary/aromatic N) is 2. The molecule has 0 fully saturated rings. The summed E-state index contributed by atoms with van der Waals surface area (Å²) < 4.78 is 0. The molecule has 0 radical (unpaired) electrons. The largest absolute Gasteiger partial charge is 0.349 e. The molecule has 1 aromatic heterocycles. The molecule has 3 N–H and O–H groups in total. The number of nitrogens with one attached hydrogen (secondary N) is 1. The van der Waals surface area contributed by atoms with Crippen LogP contribution < -0.4 is 11.1 Å². The molecule has 0 aliphatic rings. The van der Waals surface area contributed by atoms with Gasteiger partial charge in [0, 0.05) is 23.4 Å². The molecule has 23 heavy (non-hydrogen) atoms. The molecule has 2 rings (SSSR count). The van der Waals surface area contributed by atoms with Crippen molar-refractivity contribution in [1.29, 1.82) is 0 Å². The first-order chi connectivity index (χ1) is 11.0. The summed E-state index contributed by atoms with van der Waals surface area (Å²) in [7, 11) is 3.92.